The maximum Gasteiger partial charge on any atom is 0.309 e. The highest BCUT2D eigenvalue weighted by Gasteiger charge is 2.25. The number of hydrogen-bond acceptors (Lipinski definition) is 2. The van der Waals surface area contributed by atoms with Crippen LogP contribution in [0.15, 0.2) is 0 Å². The fourth-order valence-corrected chi connectivity index (χ4v) is 0.824. The van der Waals surface area contributed by atoms with Gasteiger partial charge in [0.25, 0.3) is 0 Å². The summed E-state index contributed by atoms with van der Waals surface area (Å²) < 4.78 is -0.397. The molecule has 0 aromatic rings. The molecule has 3 nitrogen and oxygen atoms in total. The molecular weight excluding hydrogens is 475 g/mol. The summed E-state index contributed by atoms with van der Waals surface area (Å²) in [5, 5.41) is 15.6. The molecule has 0 aliphatic carbocycles. The number of aliphatic carboxylic acids is 1. The van der Waals surface area contributed by atoms with Crippen molar-refractivity contribution in [2.45, 2.75) is 5.86 Å². The van der Waals surface area contributed by atoms with Gasteiger partial charge in [-0.25, -0.2) is 0 Å². The Kier molecular flexibility index (Phi) is 4.96. The van der Waals surface area contributed by atoms with Crippen LogP contribution < -0.4 is 0 Å². The van der Waals surface area contributed by atoms with Crippen molar-refractivity contribution in [1.82, 2.24) is 0 Å². The summed E-state index contributed by atoms with van der Waals surface area (Å²) in [5.74, 6) is -0.945. The van der Waals surface area contributed by atoms with Crippen molar-refractivity contribution in [2.75, 3.05) is 0 Å². The van der Waals surface area contributed by atoms with Crippen LogP contribution in [0.25, 0.3) is 0 Å². The van der Waals surface area contributed by atoms with Crippen molar-refractivity contribution >= 4 is 79.5 Å². The summed E-state index contributed by atoms with van der Waals surface area (Å²) >= 11 is 6.06. The lowest BCUT2D eigenvalue weighted by Gasteiger charge is -2.11. The van der Waals surface area contributed by atoms with E-state index in [0.29, 0.717) is 0 Å². The Balaban J connectivity index is 3.99. The molecule has 0 bridgehead atoms. The molecule has 0 rings (SSSR count). The highest BCUT2D eigenvalue weighted by atomic mass is 127. The summed E-state index contributed by atoms with van der Waals surface area (Å²) in [4.78, 5) is 10.1. The number of halogens is 3. The largest absolute Gasteiger partial charge is 0.481 e. The van der Waals surface area contributed by atoms with Crippen LogP contribution in [-0.2, 0) is 4.79 Å². The molecular formula is C4H4I3NO2. The zero-order valence-electron chi connectivity index (χ0n) is 4.70. The molecule has 0 unspecified atom stereocenters. The Morgan fingerprint density at radius 2 is 1.90 bits per heavy atom. The fourth-order valence-electron chi connectivity index (χ4n) is 0.251. The van der Waals surface area contributed by atoms with Gasteiger partial charge in [0.2, 0.25) is 0 Å². The van der Waals surface area contributed by atoms with Crippen LogP contribution in [0.3, 0.4) is 0 Å². The lowest BCUT2D eigenvalue weighted by Crippen LogP contribution is -2.18. The van der Waals surface area contributed by atoms with E-state index in [0.717, 1.165) is 0 Å². The molecule has 0 aliphatic rings. The lowest BCUT2D eigenvalue weighted by atomic mass is 10.3. The van der Waals surface area contributed by atoms with Crippen LogP contribution >= 0.6 is 67.8 Å². The third-order valence-electron chi connectivity index (χ3n) is 0.670. The van der Waals surface area contributed by atoms with Gasteiger partial charge in [0.15, 0.2) is -0.565 Å². The summed E-state index contributed by atoms with van der Waals surface area (Å²) in [6.45, 7) is 0. The Morgan fingerprint density at radius 3 is 2.00 bits per heavy atom. The minimum absolute atomic E-state index is 0.172. The van der Waals surface area contributed by atoms with Gasteiger partial charge in [0, 0.05) is 0 Å². The molecule has 0 amide bonds. The molecule has 10 heavy (non-hydrogen) atoms. The second-order valence-electron chi connectivity index (χ2n) is 1.55. The van der Waals surface area contributed by atoms with Crippen LogP contribution in [0.1, 0.15) is 6.42 Å². The van der Waals surface area contributed by atoms with Gasteiger partial charge in [-0.3, -0.25) is 4.79 Å². The topological polar surface area (TPSA) is 61.2 Å². The van der Waals surface area contributed by atoms with E-state index in [4.69, 9.17) is 10.5 Å². The predicted octanol–water partition coefficient (Wildman–Crippen LogP) is 2.44. The maximum atomic E-state index is 10.1. The van der Waals surface area contributed by atoms with Crippen molar-refractivity contribution in [3.05, 3.63) is 0 Å². The lowest BCUT2D eigenvalue weighted by molar-refractivity contribution is -0.135. The summed E-state index contributed by atoms with van der Waals surface area (Å²) in [5.41, 5.74) is 0.224. The molecule has 2 N–H and O–H groups in total. The summed E-state index contributed by atoms with van der Waals surface area (Å²) in [7, 11) is 0. The zero-order valence-corrected chi connectivity index (χ0v) is 11.2. The number of carboxylic acids is 1. The second-order valence-corrected chi connectivity index (χ2v) is 12.6. The van der Waals surface area contributed by atoms with E-state index in [2.05, 4.69) is 0 Å². The number of carbonyl (C=O) groups is 1. The highest BCUT2D eigenvalue weighted by molar-refractivity contribution is 14.3. The first kappa shape index (κ1) is 11.3. The van der Waals surface area contributed by atoms with Crippen LogP contribution in [0, 0.1) is 5.41 Å². The first-order valence-corrected chi connectivity index (χ1v) is 5.44. The monoisotopic (exact) mass is 479 g/mol. The molecule has 0 atom stereocenters. The van der Waals surface area contributed by atoms with Crippen molar-refractivity contribution in [3.8, 4) is 0 Å². The van der Waals surface area contributed by atoms with E-state index >= 15 is 0 Å². The number of alkyl halides is 3. The van der Waals surface area contributed by atoms with Crippen molar-refractivity contribution in [2.24, 2.45) is 0 Å². The number of nitrogens with one attached hydrogen (secondary N) is 1. The van der Waals surface area contributed by atoms with E-state index < -0.39 is 5.40 Å². The van der Waals surface area contributed by atoms with Gasteiger partial charge < -0.3 is 10.5 Å². The minimum Gasteiger partial charge on any atom is -0.481 e. The van der Waals surface area contributed by atoms with Gasteiger partial charge >= 0.3 is 5.97 Å². The van der Waals surface area contributed by atoms with Gasteiger partial charge in [-0.2, -0.15) is 0 Å². The van der Waals surface area contributed by atoms with E-state index in [1.807, 2.05) is 67.8 Å². The van der Waals surface area contributed by atoms with E-state index in [-0.39, 0.29) is 12.1 Å². The molecule has 0 aromatic heterocycles. The first-order valence-electron chi connectivity index (χ1n) is 2.20. The summed E-state index contributed by atoms with van der Waals surface area (Å²) in [6, 6.07) is 0. The van der Waals surface area contributed by atoms with Crippen LogP contribution in [0.4, 0.5) is 0 Å². The van der Waals surface area contributed by atoms with Crippen LogP contribution in [-0.4, -0.2) is 16.2 Å². The third kappa shape index (κ3) is 5.04. The standard InChI is InChI=1S/C4H4I3NO2/c5-4(6,7)2(8)1-3(9)10/h8H,1H2,(H,9,10). The molecule has 58 valence electrons. The average molecular weight is 479 g/mol. The van der Waals surface area contributed by atoms with E-state index in [1.165, 1.54) is 0 Å². The molecule has 0 aliphatic heterocycles. The normalized spacial score (nSPS) is 11.1. The molecule has 0 heterocycles. The highest BCUT2D eigenvalue weighted by Crippen LogP contribution is 2.37. The van der Waals surface area contributed by atoms with Crippen molar-refractivity contribution < 1.29 is 9.90 Å². The fraction of sp³-hybridized carbons (Fsp3) is 0.500. The van der Waals surface area contributed by atoms with Crippen molar-refractivity contribution in [1.29, 1.82) is 5.41 Å². The van der Waals surface area contributed by atoms with Crippen LogP contribution in [0.2, 0.25) is 0 Å². The number of rotatable bonds is 3. The molecule has 0 radical (unpaired) electrons. The van der Waals surface area contributed by atoms with E-state index in [1.54, 1.807) is 0 Å². The maximum absolute atomic E-state index is 10.1. The van der Waals surface area contributed by atoms with Crippen molar-refractivity contribution in [3.63, 3.8) is 0 Å². The predicted molar refractivity (Wildman–Crippen MR) is 64.8 cm³/mol. The minimum atomic E-state index is -0.945. The van der Waals surface area contributed by atoms with Crippen LogP contribution in [0.5, 0.6) is 0 Å². The Hall–Kier alpha value is 1.33. The molecule has 0 saturated heterocycles. The van der Waals surface area contributed by atoms with Gasteiger partial charge in [-0.15, -0.1) is 0 Å². The quantitative estimate of drug-likeness (QED) is 0.372. The third-order valence-corrected chi connectivity index (χ3v) is 2.62. The van der Waals surface area contributed by atoms with E-state index in [9.17, 15) is 4.79 Å². The zero-order chi connectivity index (χ0) is 8.36. The molecule has 0 aromatic carbocycles. The van der Waals surface area contributed by atoms with Gasteiger partial charge in [-0.05, 0) is 67.8 Å². The smallest absolute Gasteiger partial charge is 0.309 e. The Bertz CT molecular complexity index is 162. The molecule has 6 heteroatoms. The summed E-state index contributed by atoms with van der Waals surface area (Å²) in [6.07, 6.45) is -0.172. The number of carboxylic acid groups (broad SMARTS) is 1. The first-order chi connectivity index (χ1) is 4.34. The Morgan fingerprint density at radius 1 is 1.50 bits per heavy atom. The molecule has 0 spiro atoms. The van der Waals surface area contributed by atoms with Gasteiger partial charge in [-0.1, -0.05) is 0 Å². The van der Waals surface area contributed by atoms with Gasteiger partial charge in [0.1, 0.15) is 0 Å². The van der Waals surface area contributed by atoms with Gasteiger partial charge in [0.05, 0.1) is 12.1 Å². The molecule has 0 saturated carbocycles. The molecule has 0 fully saturated rings. The average Bonchev–Trinajstić information content (AvgIpc) is 1.60. The number of hydrogen-bond donors (Lipinski definition) is 2. The second kappa shape index (κ2) is 4.38. The SMILES string of the molecule is N=C(CC(=O)O)C(I)(I)I. The Labute approximate surface area is 99.3 Å².